The molecular formula is C19H25ClN4O. The van der Waals surface area contributed by atoms with Gasteiger partial charge in [-0.25, -0.2) is 4.68 Å². The highest BCUT2D eigenvalue weighted by molar-refractivity contribution is 5.85. The van der Waals surface area contributed by atoms with E-state index in [9.17, 15) is 4.79 Å². The molecule has 2 bridgehead atoms. The van der Waals surface area contributed by atoms with Crippen LogP contribution in [0.2, 0.25) is 0 Å². The van der Waals surface area contributed by atoms with Crippen molar-refractivity contribution >= 4 is 18.3 Å². The zero-order valence-electron chi connectivity index (χ0n) is 14.2. The van der Waals surface area contributed by atoms with Crippen molar-refractivity contribution in [1.29, 1.82) is 0 Å². The fourth-order valence-corrected chi connectivity index (χ4v) is 3.94. The van der Waals surface area contributed by atoms with Crippen LogP contribution in [-0.4, -0.2) is 33.8 Å². The summed E-state index contributed by atoms with van der Waals surface area (Å²) in [7, 11) is 0. The van der Waals surface area contributed by atoms with Crippen LogP contribution in [0.3, 0.4) is 0 Å². The Morgan fingerprint density at radius 2 is 1.92 bits per heavy atom. The van der Waals surface area contributed by atoms with Gasteiger partial charge >= 0.3 is 0 Å². The number of nitrogens with zero attached hydrogens (tertiary/aromatic N) is 2. The standard InChI is InChI=1S/C19H24N4O.ClH/c24-19(22-17-10-15-7-8-16(11-17)21-15)9-6-14-12-20-23(13-14)18-4-2-1-3-5-18;/h1-5,12-13,15-17,21H,6-11H2,(H,22,24);1H. The molecule has 2 saturated heterocycles. The van der Waals surface area contributed by atoms with E-state index in [2.05, 4.69) is 15.7 Å². The zero-order chi connectivity index (χ0) is 16.4. The third-order valence-corrected chi connectivity index (χ3v) is 5.14. The first-order valence-electron chi connectivity index (χ1n) is 8.90. The number of para-hydroxylation sites is 1. The van der Waals surface area contributed by atoms with E-state index in [1.807, 2.05) is 47.4 Å². The van der Waals surface area contributed by atoms with Crippen molar-refractivity contribution in [2.75, 3.05) is 0 Å². The highest BCUT2D eigenvalue weighted by Gasteiger charge is 2.33. The lowest BCUT2D eigenvalue weighted by Crippen LogP contribution is -2.48. The SMILES string of the molecule is Cl.O=C(CCc1cnn(-c2ccccc2)c1)NC1CC2CCC(C1)N2. The number of piperidine rings is 1. The second-order valence-electron chi connectivity index (χ2n) is 7.00. The summed E-state index contributed by atoms with van der Waals surface area (Å²) in [6.07, 6.45) is 9.79. The maximum absolute atomic E-state index is 12.2. The molecule has 2 aliphatic heterocycles. The highest BCUT2D eigenvalue weighted by atomic mass is 35.5. The van der Waals surface area contributed by atoms with Crippen LogP contribution >= 0.6 is 12.4 Å². The van der Waals surface area contributed by atoms with Gasteiger partial charge in [0.15, 0.2) is 0 Å². The van der Waals surface area contributed by atoms with Gasteiger partial charge in [-0.05, 0) is 49.8 Å². The van der Waals surface area contributed by atoms with E-state index < -0.39 is 0 Å². The maximum Gasteiger partial charge on any atom is 0.220 e. The third-order valence-electron chi connectivity index (χ3n) is 5.14. The molecule has 1 aromatic heterocycles. The molecule has 2 aliphatic rings. The second-order valence-corrected chi connectivity index (χ2v) is 7.00. The second kappa shape index (κ2) is 8.02. The Hall–Kier alpha value is -1.85. The summed E-state index contributed by atoms with van der Waals surface area (Å²) in [6, 6.07) is 11.6. The number of hydrogen-bond acceptors (Lipinski definition) is 3. The number of fused-ring (bicyclic) bond motifs is 2. The van der Waals surface area contributed by atoms with Gasteiger partial charge in [0.25, 0.3) is 0 Å². The average Bonchev–Trinajstić information content (AvgIpc) is 3.20. The molecule has 2 fully saturated rings. The van der Waals surface area contributed by atoms with Crippen molar-refractivity contribution in [2.24, 2.45) is 0 Å². The van der Waals surface area contributed by atoms with Gasteiger partial charge in [0, 0.05) is 30.7 Å². The Labute approximate surface area is 154 Å². The Bertz CT molecular complexity index is 690. The number of aromatic nitrogens is 2. The van der Waals surface area contributed by atoms with Gasteiger partial charge in [0.1, 0.15) is 0 Å². The number of amides is 1. The van der Waals surface area contributed by atoms with Crippen LogP contribution in [0.1, 0.15) is 37.7 Å². The molecule has 6 heteroatoms. The van der Waals surface area contributed by atoms with E-state index in [1.165, 1.54) is 12.8 Å². The molecule has 5 nitrogen and oxygen atoms in total. The molecule has 2 unspecified atom stereocenters. The summed E-state index contributed by atoms with van der Waals surface area (Å²) in [6.45, 7) is 0. The predicted octanol–water partition coefficient (Wildman–Crippen LogP) is 2.63. The fourth-order valence-electron chi connectivity index (χ4n) is 3.94. The van der Waals surface area contributed by atoms with Gasteiger partial charge in [-0.2, -0.15) is 5.10 Å². The third kappa shape index (κ3) is 4.41. The summed E-state index contributed by atoms with van der Waals surface area (Å²) in [5.41, 5.74) is 2.14. The van der Waals surface area contributed by atoms with Crippen LogP contribution in [0.15, 0.2) is 42.7 Å². The van der Waals surface area contributed by atoms with Crippen LogP contribution in [0, 0.1) is 0 Å². The number of aryl methyl sites for hydroxylation is 1. The Kier molecular flexibility index (Phi) is 5.76. The monoisotopic (exact) mass is 360 g/mol. The predicted molar refractivity (Wildman–Crippen MR) is 100 cm³/mol. The smallest absolute Gasteiger partial charge is 0.220 e. The molecule has 0 radical (unpaired) electrons. The number of benzene rings is 1. The van der Waals surface area contributed by atoms with Crippen molar-refractivity contribution in [1.82, 2.24) is 20.4 Å². The summed E-state index contributed by atoms with van der Waals surface area (Å²) in [5, 5.41) is 11.2. The molecule has 3 heterocycles. The van der Waals surface area contributed by atoms with Crippen LogP contribution in [-0.2, 0) is 11.2 Å². The molecule has 0 saturated carbocycles. The number of rotatable bonds is 5. The first-order valence-corrected chi connectivity index (χ1v) is 8.90. The van der Waals surface area contributed by atoms with E-state index in [0.717, 1.165) is 30.5 Å². The van der Waals surface area contributed by atoms with Gasteiger partial charge in [0.05, 0.1) is 11.9 Å². The van der Waals surface area contributed by atoms with Crippen molar-refractivity contribution in [3.63, 3.8) is 0 Å². The van der Waals surface area contributed by atoms with E-state index >= 15 is 0 Å². The van der Waals surface area contributed by atoms with E-state index in [4.69, 9.17) is 0 Å². The van der Waals surface area contributed by atoms with E-state index in [0.29, 0.717) is 24.5 Å². The van der Waals surface area contributed by atoms with Crippen LogP contribution in [0.5, 0.6) is 0 Å². The van der Waals surface area contributed by atoms with Gasteiger partial charge in [-0.1, -0.05) is 18.2 Å². The maximum atomic E-state index is 12.2. The molecule has 1 amide bonds. The molecule has 0 spiro atoms. The number of halogens is 1. The average molecular weight is 361 g/mol. The lowest BCUT2D eigenvalue weighted by molar-refractivity contribution is -0.122. The van der Waals surface area contributed by atoms with Crippen molar-refractivity contribution in [3.8, 4) is 5.69 Å². The Balaban J connectivity index is 0.00000182. The largest absolute Gasteiger partial charge is 0.353 e. The Morgan fingerprint density at radius 1 is 1.20 bits per heavy atom. The summed E-state index contributed by atoms with van der Waals surface area (Å²) in [4.78, 5) is 12.2. The zero-order valence-corrected chi connectivity index (χ0v) is 15.0. The van der Waals surface area contributed by atoms with Gasteiger partial charge < -0.3 is 10.6 Å². The minimum Gasteiger partial charge on any atom is -0.353 e. The molecule has 2 atom stereocenters. The van der Waals surface area contributed by atoms with Gasteiger partial charge in [0.2, 0.25) is 5.91 Å². The molecule has 4 rings (SSSR count). The number of carbonyl (C=O) groups is 1. The molecule has 25 heavy (non-hydrogen) atoms. The summed E-state index contributed by atoms with van der Waals surface area (Å²) >= 11 is 0. The lowest BCUT2D eigenvalue weighted by atomic mass is 9.99. The molecule has 134 valence electrons. The molecule has 1 aromatic carbocycles. The first kappa shape index (κ1) is 18.0. The molecule has 0 aliphatic carbocycles. The van der Waals surface area contributed by atoms with E-state index in [1.54, 1.807) is 0 Å². The van der Waals surface area contributed by atoms with Crippen molar-refractivity contribution in [2.45, 2.75) is 56.7 Å². The number of carbonyl (C=O) groups excluding carboxylic acids is 1. The van der Waals surface area contributed by atoms with Crippen molar-refractivity contribution in [3.05, 3.63) is 48.3 Å². The van der Waals surface area contributed by atoms with Crippen LogP contribution in [0.25, 0.3) is 5.69 Å². The lowest BCUT2D eigenvalue weighted by Gasteiger charge is -2.29. The molecular weight excluding hydrogens is 336 g/mol. The van der Waals surface area contributed by atoms with Crippen LogP contribution in [0.4, 0.5) is 0 Å². The minimum absolute atomic E-state index is 0. The highest BCUT2D eigenvalue weighted by Crippen LogP contribution is 2.26. The molecule has 2 aromatic rings. The molecule has 2 N–H and O–H groups in total. The van der Waals surface area contributed by atoms with Gasteiger partial charge in [-0.15, -0.1) is 12.4 Å². The summed E-state index contributed by atoms with van der Waals surface area (Å²) in [5.74, 6) is 0.161. The van der Waals surface area contributed by atoms with Gasteiger partial charge in [-0.3, -0.25) is 4.79 Å². The number of nitrogens with one attached hydrogen (secondary N) is 2. The first-order chi connectivity index (χ1) is 11.8. The number of hydrogen-bond donors (Lipinski definition) is 2. The topological polar surface area (TPSA) is 59.0 Å². The van der Waals surface area contributed by atoms with E-state index in [-0.39, 0.29) is 18.3 Å². The minimum atomic E-state index is 0. The van der Waals surface area contributed by atoms with Crippen molar-refractivity contribution < 1.29 is 4.79 Å². The van der Waals surface area contributed by atoms with Crippen LogP contribution < -0.4 is 10.6 Å². The summed E-state index contributed by atoms with van der Waals surface area (Å²) < 4.78 is 1.86. The Morgan fingerprint density at radius 3 is 2.64 bits per heavy atom. The normalized spacial score (nSPS) is 24.6. The quantitative estimate of drug-likeness (QED) is 0.861. The fraction of sp³-hybridized carbons (Fsp3) is 0.474.